The number of rotatable bonds is 3. The molecule has 8 heteroatoms. The second kappa shape index (κ2) is 5.58. The zero-order valence-corrected chi connectivity index (χ0v) is 12.7. The first-order chi connectivity index (χ1) is 11.3. The maximum Gasteiger partial charge on any atom is 0.220 e. The van der Waals surface area contributed by atoms with Gasteiger partial charge in [-0.3, -0.25) is 0 Å². The Morgan fingerprint density at radius 2 is 1.91 bits per heavy atom. The van der Waals surface area contributed by atoms with E-state index >= 15 is 0 Å². The molecule has 3 heterocycles. The molecule has 0 aliphatic heterocycles. The fourth-order valence-electron chi connectivity index (χ4n) is 2.26. The minimum Gasteiger partial charge on any atom is -0.368 e. The minimum atomic E-state index is 0.218. The standard InChI is InChI=1S/C15H11N7S/c16-15-17-9-11(13(18-15)12-7-4-8-23-12)14-19-20-21-22(14)10-5-2-1-3-6-10/h1-9H,(H2,16,17,18). The van der Waals surface area contributed by atoms with Crippen molar-refractivity contribution in [2.75, 3.05) is 5.73 Å². The van der Waals surface area contributed by atoms with E-state index in [1.54, 1.807) is 22.2 Å². The highest BCUT2D eigenvalue weighted by Crippen LogP contribution is 2.32. The quantitative estimate of drug-likeness (QED) is 0.622. The van der Waals surface area contributed by atoms with Gasteiger partial charge in [-0.1, -0.05) is 24.3 Å². The highest BCUT2D eigenvalue weighted by Gasteiger charge is 2.18. The lowest BCUT2D eigenvalue weighted by Gasteiger charge is -2.08. The van der Waals surface area contributed by atoms with E-state index in [1.807, 2.05) is 47.8 Å². The maximum atomic E-state index is 5.76. The van der Waals surface area contributed by atoms with Crippen molar-refractivity contribution in [1.29, 1.82) is 0 Å². The fourth-order valence-corrected chi connectivity index (χ4v) is 2.99. The van der Waals surface area contributed by atoms with Crippen LogP contribution in [-0.2, 0) is 0 Å². The molecular formula is C15H11N7S. The van der Waals surface area contributed by atoms with E-state index < -0.39 is 0 Å². The normalized spacial score (nSPS) is 10.8. The lowest BCUT2D eigenvalue weighted by molar-refractivity contribution is 0.791. The van der Waals surface area contributed by atoms with Crippen LogP contribution in [0.3, 0.4) is 0 Å². The molecule has 0 aliphatic carbocycles. The first kappa shape index (κ1) is 13.5. The van der Waals surface area contributed by atoms with Crippen LogP contribution in [0.15, 0.2) is 54.0 Å². The molecule has 7 nitrogen and oxygen atoms in total. The Labute approximate surface area is 135 Å². The molecule has 0 aliphatic rings. The number of aromatic nitrogens is 6. The summed E-state index contributed by atoms with van der Waals surface area (Å²) in [6.45, 7) is 0. The minimum absolute atomic E-state index is 0.218. The van der Waals surface area contributed by atoms with Crippen LogP contribution in [-0.4, -0.2) is 30.2 Å². The topological polar surface area (TPSA) is 95.4 Å². The molecule has 4 aromatic rings. The van der Waals surface area contributed by atoms with Crippen LogP contribution in [0.25, 0.3) is 27.6 Å². The van der Waals surface area contributed by atoms with E-state index in [1.165, 1.54) is 0 Å². The number of hydrogen-bond acceptors (Lipinski definition) is 7. The summed E-state index contributed by atoms with van der Waals surface area (Å²) < 4.78 is 1.66. The van der Waals surface area contributed by atoms with E-state index in [2.05, 4.69) is 25.5 Å². The van der Waals surface area contributed by atoms with Crippen molar-refractivity contribution in [1.82, 2.24) is 30.2 Å². The maximum absolute atomic E-state index is 5.76. The van der Waals surface area contributed by atoms with E-state index in [-0.39, 0.29) is 5.95 Å². The molecule has 2 N–H and O–H groups in total. The fraction of sp³-hybridized carbons (Fsp3) is 0. The van der Waals surface area contributed by atoms with Crippen LogP contribution in [0.4, 0.5) is 5.95 Å². The molecule has 0 atom stereocenters. The van der Waals surface area contributed by atoms with Crippen molar-refractivity contribution in [2.24, 2.45) is 0 Å². The van der Waals surface area contributed by atoms with Gasteiger partial charge in [0.1, 0.15) is 0 Å². The molecule has 0 radical (unpaired) electrons. The lowest BCUT2D eigenvalue weighted by atomic mass is 10.2. The third-order valence-electron chi connectivity index (χ3n) is 3.27. The first-order valence-corrected chi connectivity index (χ1v) is 7.71. The number of nitrogens with two attached hydrogens (primary N) is 1. The number of nitrogen functional groups attached to an aromatic ring is 1. The Morgan fingerprint density at radius 3 is 2.70 bits per heavy atom. The van der Waals surface area contributed by atoms with Gasteiger partial charge in [-0.15, -0.1) is 16.4 Å². The summed E-state index contributed by atoms with van der Waals surface area (Å²) in [6.07, 6.45) is 1.66. The average Bonchev–Trinajstić information content (AvgIpc) is 3.27. The van der Waals surface area contributed by atoms with Gasteiger partial charge >= 0.3 is 0 Å². The second-order valence-electron chi connectivity index (χ2n) is 4.72. The summed E-state index contributed by atoms with van der Waals surface area (Å²) in [7, 11) is 0. The van der Waals surface area contributed by atoms with Gasteiger partial charge in [0.15, 0.2) is 5.82 Å². The van der Waals surface area contributed by atoms with Gasteiger partial charge in [0.2, 0.25) is 5.95 Å². The summed E-state index contributed by atoms with van der Waals surface area (Å²) in [5, 5.41) is 14.0. The van der Waals surface area contributed by atoms with Crippen molar-refractivity contribution in [2.45, 2.75) is 0 Å². The van der Waals surface area contributed by atoms with E-state index in [0.29, 0.717) is 5.82 Å². The van der Waals surface area contributed by atoms with Crippen LogP contribution in [0, 0.1) is 0 Å². The second-order valence-corrected chi connectivity index (χ2v) is 5.67. The summed E-state index contributed by atoms with van der Waals surface area (Å²) in [4.78, 5) is 9.46. The van der Waals surface area contributed by atoms with Crippen LogP contribution in [0.1, 0.15) is 0 Å². The number of benzene rings is 1. The van der Waals surface area contributed by atoms with E-state index in [9.17, 15) is 0 Å². The third kappa shape index (κ3) is 2.44. The predicted molar refractivity (Wildman–Crippen MR) is 87.9 cm³/mol. The number of anilines is 1. The van der Waals surface area contributed by atoms with Crippen LogP contribution >= 0.6 is 11.3 Å². The number of thiophene rings is 1. The molecule has 0 bridgehead atoms. The molecule has 3 aromatic heterocycles. The van der Waals surface area contributed by atoms with Gasteiger partial charge in [-0.05, 0) is 34.0 Å². The number of para-hydroxylation sites is 1. The summed E-state index contributed by atoms with van der Waals surface area (Å²) in [5.74, 6) is 0.787. The Hall–Kier alpha value is -3.13. The summed E-state index contributed by atoms with van der Waals surface area (Å²) in [5.41, 5.74) is 8.08. The van der Waals surface area contributed by atoms with Crippen LogP contribution in [0.5, 0.6) is 0 Å². The molecule has 0 amide bonds. The molecule has 0 fully saturated rings. The van der Waals surface area contributed by atoms with E-state index in [4.69, 9.17) is 5.73 Å². The molecule has 0 saturated heterocycles. The van der Waals surface area contributed by atoms with E-state index in [0.717, 1.165) is 21.8 Å². The smallest absolute Gasteiger partial charge is 0.220 e. The molecule has 0 unspecified atom stereocenters. The Balaban J connectivity index is 1.92. The van der Waals surface area contributed by atoms with Gasteiger partial charge in [0.25, 0.3) is 0 Å². The van der Waals surface area contributed by atoms with Crippen molar-refractivity contribution in [3.63, 3.8) is 0 Å². The zero-order chi connectivity index (χ0) is 15.6. The molecule has 1 aromatic carbocycles. The highest BCUT2D eigenvalue weighted by atomic mass is 32.1. The van der Waals surface area contributed by atoms with Gasteiger partial charge < -0.3 is 5.73 Å². The highest BCUT2D eigenvalue weighted by molar-refractivity contribution is 7.13. The van der Waals surface area contributed by atoms with Gasteiger partial charge in [-0.2, -0.15) is 4.68 Å². The van der Waals surface area contributed by atoms with Gasteiger partial charge in [0, 0.05) is 6.20 Å². The molecule has 0 spiro atoms. The summed E-state index contributed by atoms with van der Waals surface area (Å²) in [6, 6.07) is 13.6. The van der Waals surface area contributed by atoms with Gasteiger partial charge in [-0.25, -0.2) is 9.97 Å². The number of nitrogens with zero attached hydrogens (tertiary/aromatic N) is 6. The van der Waals surface area contributed by atoms with Crippen molar-refractivity contribution < 1.29 is 0 Å². The molecule has 112 valence electrons. The SMILES string of the molecule is Nc1ncc(-c2nnnn2-c2ccccc2)c(-c2cccs2)n1. The molecule has 0 saturated carbocycles. The Morgan fingerprint density at radius 1 is 1.04 bits per heavy atom. The largest absolute Gasteiger partial charge is 0.368 e. The predicted octanol–water partition coefficient (Wildman–Crippen LogP) is 2.43. The average molecular weight is 321 g/mol. The van der Waals surface area contributed by atoms with Crippen molar-refractivity contribution in [3.8, 4) is 27.6 Å². The Kier molecular flexibility index (Phi) is 3.28. The van der Waals surface area contributed by atoms with Crippen LogP contribution < -0.4 is 5.73 Å². The number of tetrazole rings is 1. The van der Waals surface area contributed by atoms with Crippen molar-refractivity contribution in [3.05, 3.63) is 54.0 Å². The van der Waals surface area contributed by atoms with Crippen molar-refractivity contribution >= 4 is 17.3 Å². The molecule has 23 heavy (non-hydrogen) atoms. The molecular weight excluding hydrogens is 310 g/mol. The van der Waals surface area contributed by atoms with Crippen LogP contribution in [0.2, 0.25) is 0 Å². The van der Waals surface area contributed by atoms with Gasteiger partial charge in [0.05, 0.1) is 21.8 Å². The number of hydrogen-bond donors (Lipinski definition) is 1. The first-order valence-electron chi connectivity index (χ1n) is 6.83. The molecule has 4 rings (SSSR count). The summed E-state index contributed by atoms with van der Waals surface area (Å²) >= 11 is 1.57. The zero-order valence-electron chi connectivity index (χ0n) is 11.9. The lowest BCUT2D eigenvalue weighted by Crippen LogP contribution is -2.03. The Bertz CT molecular complexity index is 932. The third-order valence-corrected chi connectivity index (χ3v) is 4.15. The monoisotopic (exact) mass is 321 g/mol.